The van der Waals surface area contributed by atoms with Crippen LogP contribution in [0.25, 0.3) is 10.9 Å². The lowest BCUT2D eigenvalue weighted by atomic mass is 10.1. The van der Waals surface area contributed by atoms with Gasteiger partial charge in [0.2, 0.25) is 6.20 Å². The molecule has 0 saturated heterocycles. The van der Waals surface area contributed by atoms with Gasteiger partial charge in [-0.15, -0.1) is 0 Å². The number of aromatic nitrogens is 2. The Morgan fingerprint density at radius 3 is 2.35 bits per heavy atom. The maximum Gasteiger partial charge on any atom is 0.210 e. The van der Waals surface area contributed by atoms with E-state index in [0.717, 1.165) is 0 Å². The molecule has 90 valence electrons. The number of rotatable bonds is 2. The molecule has 0 aliphatic heterocycles. The van der Waals surface area contributed by atoms with Crippen molar-refractivity contribution in [2.24, 2.45) is 0 Å². The Morgan fingerprint density at radius 2 is 1.76 bits per heavy atom. The van der Waals surface area contributed by atoms with Gasteiger partial charge < -0.3 is 26.1 Å². The molecule has 2 rings (SSSR count). The topological polar surface area (TPSA) is 110 Å². The van der Waals surface area contributed by atoms with Crippen molar-refractivity contribution >= 4 is 22.3 Å². The fourth-order valence-corrected chi connectivity index (χ4v) is 1.70. The van der Waals surface area contributed by atoms with E-state index in [1.807, 2.05) is 0 Å². The highest BCUT2D eigenvalue weighted by Crippen LogP contribution is 2.43. The van der Waals surface area contributed by atoms with E-state index >= 15 is 0 Å². The Kier molecular flexibility index (Phi) is 2.51. The number of fused-ring (bicyclic) bond motifs is 1. The summed E-state index contributed by atoms with van der Waals surface area (Å²) in [5.74, 6) is 0.610. The third-order valence-electron chi connectivity index (χ3n) is 2.47. The SMILES string of the molecule is COc1c(OC)c(N)c2n[n+]([O-])ccc2c1N. The number of benzene rings is 1. The highest BCUT2D eigenvalue weighted by molar-refractivity contribution is 6.03. The minimum absolute atomic E-state index is 0.221. The van der Waals surface area contributed by atoms with Gasteiger partial charge in [0.15, 0.2) is 17.0 Å². The van der Waals surface area contributed by atoms with Gasteiger partial charge >= 0.3 is 0 Å². The maximum absolute atomic E-state index is 11.1. The molecule has 7 nitrogen and oxygen atoms in total. The molecule has 0 aliphatic rings. The van der Waals surface area contributed by atoms with E-state index in [1.54, 1.807) is 0 Å². The van der Waals surface area contributed by atoms with Crippen molar-refractivity contribution in [3.05, 3.63) is 17.5 Å². The summed E-state index contributed by atoms with van der Waals surface area (Å²) in [6, 6.07) is 1.53. The van der Waals surface area contributed by atoms with Crippen molar-refractivity contribution in [1.82, 2.24) is 5.10 Å². The molecule has 7 heteroatoms. The van der Waals surface area contributed by atoms with Gasteiger partial charge in [0.05, 0.1) is 19.9 Å². The van der Waals surface area contributed by atoms with Crippen LogP contribution in [0.15, 0.2) is 12.3 Å². The summed E-state index contributed by atoms with van der Waals surface area (Å²) in [6.07, 6.45) is 1.24. The molecule has 0 fully saturated rings. The van der Waals surface area contributed by atoms with Crippen LogP contribution in [-0.2, 0) is 0 Å². The van der Waals surface area contributed by atoms with E-state index in [9.17, 15) is 5.21 Å². The van der Waals surface area contributed by atoms with Gasteiger partial charge in [-0.3, -0.25) is 0 Å². The summed E-state index contributed by atoms with van der Waals surface area (Å²) in [6.45, 7) is 0. The second-order valence-electron chi connectivity index (χ2n) is 3.37. The molecule has 0 atom stereocenters. The van der Waals surface area contributed by atoms with E-state index in [4.69, 9.17) is 20.9 Å². The van der Waals surface area contributed by atoms with Crippen molar-refractivity contribution in [2.45, 2.75) is 0 Å². The molecule has 1 aromatic heterocycles. The Labute approximate surface area is 97.1 Å². The van der Waals surface area contributed by atoms with Gasteiger partial charge in [-0.05, 0) is 0 Å². The summed E-state index contributed by atoms with van der Waals surface area (Å²) in [4.78, 5) is 0.407. The third-order valence-corrected chi connectivity index (χ3v) is 2.47. The van der Waals surface area contributed by atoms with Crippen LogP contribution >= 0.6 is 0 Å². The zero-order valence-electron chi connectivity index (χ0n) is 9.43. The highest BCUT2D eigenvalue weighted by Gasteiger charge is 2.20. The average molecular weight is 236 g/mol. The van der Waals surface area contributed by atoms with E-state index in [-0.39, 0.29) is 17.0 Å². The van der Waals surface area contributed by atoms with Gasteiger partial charge in [0, 0.05) is 16.6 Å². The molecule has 2 aromatic rings. The normalized spacial score (nSPS) is 10.5. The monoisotopic (exact) mass is 236 g/mol. The quantitative estimate of drug-likeness (QED) is 0.433. The first kappa shape index (κ1) is 11.1. The Bertz CT molecular complexity index is 586. The number of hydrogen-bond donors (Lipinski definition) is 2. The van der Waals surface area contributed by atoms with E-state index < -0.39 is 0 Å². The molecule has 4 N–H and O–H groups in total. The summed E-state index contributed by atoms with van der Waals surface area (Å²) < 4.78 is 10.3. The predicted molar refractivity (Wildman–Crippen MR) is 62.6 cm³/mol. The maximum atomic E-state index is 11.1. The third kappa shape index (κ3) is 1.52. The molecule has 0 unspecified atom stereocenters. The fraction of sp³-hybridized carbons (Fsp3) is 0.200. The Balaban J connectivity index is 2.94. The fourth-order valence-electron chi connectivity index (χ4n) is 1.70. The van der Waals surface area contributed by atoms with Crippen LogP contribution < -0.4 is 25.8 Å². The van der Waals surface area contributed by atoms with Crippen LogP contribution in [-0.4, -0.2) is 19.3 Å². The van der Waals surface area contributed by atoms with Gasteiger partial charge in [0.25, 0.3) is 0 Å². The molecular formula is C10H12N4O3. The highest BCUT2D eigenvalue weighted by atomic mass is 16.5. The summed E-state index contributed by atoms with van der Waals surface area (Å²) in [5.41, 5.74) is 12.6. The molecule has 0 spiro atoms. The van der Waals surface area contributed by atoms with Crippen molar-refractivity contribution in [3.8, 4) is 11.5 Å². The van der Waals surface area contributed by atoms with Gasteiger partial charge in [-0.2, -0.15) is 0 Å². The first-order valence-corrected chi connectivity index (χ1v) is 4.79. The van der Waals surface area contributed by atoms with Crippen LogP contribution in [0, 0.1) is 5.21 Å². The molecular weight excluding hydrogens is 224 g/mol. The second-order valence-corrected chi connectivity index (χ2v) is 3.37. The number of nitrogens with zero attached hydrogens (tertiary/aromatic N) is 2. The number of nitrogens with two attached hydrogens (primary N) is 2. The van der Waals surface area contributed by atoms with Crippen molar-refractivity contribution < 1.29 is 14.3 Å². The predicted octanol–water partition coefficient (Wildman–Crippen LogP) is 0.0498. The van der Waals surface area contributed by atoms with Crippen LogP contribution in [0.2, 0.25) is 0 Å². The van der Waals surface area contributed by atoms with Gasteiger partial charge in [-0.25, -0.2) is 0 Å². The van der Waals surface area contributed by atoms with Crippen molar-refractivity contribution in [3.63, 3.8) is 0 Å². The van der Waals surface area contributed by atoms with Crippen molar-refractivity contribution in [1.29, 1.82) is 0 Å². The standard InChI is InChI=1S/C10H12N4O3/c1-16-9-6(11)5-3-4-14(15)13-8(5)7(12)10(9)17-2/h3-4H,11-12H2,1-2H3. The number of hydrogen-bond acceptors (Lipinski definition) is 6. The molecule has 0 aliphatic carbocycles. The summed E-state index contributed by atoms with van der Waals surface area (Å²) >= 11 is 0. The first-order chi connectivity index (χ1) is 8.10. The molecule has 0 saturated carbocycles. The average Bonchev–Trinajstić information content (AvgIpc) is 2.33. The zero-order valence-corrected chi connectivity index (χ0v) is 9.43. The lowest BCUT2D eigenvalue weighted by molar-refractivity contribution is -0.666. The lowest BCUT2D eigenvalue weighted by Crippen LogP contribution is -2.30. The lowest BCUT2D eigenvalue weighted by Gasteiger charge is -2.14. The number of anilines is 2. The molecule has 0 radical (unpaired) electrons. The minimum atomic E-state index is 0.221. The summed E-state index contributed by atoms with van der Waals surface area (Å²) in [7, 11) is 2.90. The molecule has 0 bridgehead atoms. The molecule has 1 aromatic carbocycles. The zero-order chi connectivity index (χ0) is 12.6. The van der Waals surface area contributed by atoms with E-state index in [0.29, 0.717) is 21.7 Å². The first-order valence-electron chi connectivity index (χ1n) is 4.79. The van der Waals surface area contributed by atoms with Crippen LogP contribution in [0.1, 0.15) is 0 Å². The van der Waals surface area contributed by atoms with Gasteiger partial charge in [-0.1, -0.05) is 4.85 Å². The van der Waals surface area contributed by atoms with E-state index in [2.05, 4.69) is 5.10 Å². The minimum Gasteiger partial charge on any atom is -0.594 e. The van der Waals surface area contributed by atoms with Crippen molar-refractivity contribution in [2.75, 3.05) is 25.7 Å². The smallest absolute Gasteiger partial charge is 0.210 e. The van der Waals surface area contributed by atoms with Crippen LogP contribution in [0.3, 0.4) is 0 Å². The van der Waals surface area contributed by atoms with E-state index in [1.165, 1.54) is 26.5 Å². The van der Waals surface area contributed by atoms with Crippen LogP contribution in [0.4, 0.5) is 11.4 Å². The largest absolute Gasteiger partial charge is 0.594 e. The molecule has 0 amide bonds. The second kappa shape index (κ2) is 3.85. The number of ether oxygens (including phenoxy) is 2. The summed E-state index contributed by atoms with van der Waals surface area (Å²) in [5, 5.41) is 15.4. The Morgan fingerprint density at radius 1 is 1.18 bits per heavy atom. The molecule has 1 heterocycles. The molecule has 17 heavy (non-hydrogen) atoms. The number of methoxy groups -OCH3 is 2. The van der Waals surface area contributed by atoms with Gasteiger partial charge in [0.1, 0.15) is 5.69 Å². The Hall–Kier alpha value is -2.44. The number of nitrogen functional groups attached to an aromatic ring is 2. The van der Waals surface area contributed by atoms with Crippen LogP contribution in [0.5, 0.6) is 11.5 Å².